The van der Waals surface area contributed by atoms with Crippen LogP contribution in [0.1, 0.15) is 0 Å². The number of furan rings is 1. The molecule has 0 spiro atoms. The predicted molar refractivity (Wildman–Crippen MR) is 198 cm³/mol. The number of fused-ring (bicyclic) bond motifs is 7. The van der Waals surface area contributed by atoms with Crippen molar-refractivity contribution >= 4 is 77.6 Å². The molecule has 0 fully saturated rings. The molecule has 3 nitrogen and oxygen atoms in total. The Hall–Kier alpha value is -6.32. The Bertz CT molecular complexity index is 2250. The van der Waals surface area contributed by atoms with Gasteiger partial charge in [0.05, 0.1) is 11.4 Å². The molecule has 1 aromatic heterocycles. The SMILES string of the molecule is c1ccc(N(c2ccccc2)c2cc3ccccc3c3c2oc2c(N(c4ccccc4)c4ccccc4)cc4ccccc4c23)cc1. The van der Waals surface area contributed by atoms with E-state index in [0.717, 1.165) is 66.8 Å². The Morgan fingerprint density at radius 1 is 0.319 bits per heavy atom. The highest BCUT2D eigenvalue weighted by atomic mass is 16.3. The molecule has 3 heteroatoms. The zero-order valence-electron chi connectivity index (χ0n) is 25.6. The minimum Gasteiger partial charge on any atom is -0.452 e. The highest BCUT2D eigenvalue weighted by Crippen LogP contribution is 2.50. The molecular formula is C44H30N2O. The van der Waals surface area contributed by atoms with Gasteiger partial charge in [-0.2, -0.15) is 0 Å². The first kappa shape index (κ1) is 27.0. The second-order valence-corrected chi connectivity index (χ2v) is 11.8. The number of benzene rings is 8. The van der Waals surface area contributed by atoms with Gasteiger partial charge in [-0.1, -0.05) is 121 Å². The zero-order chi connectivity index (χ0) is 31.2. The number of hydrogen-bond acceptors (Lipinski definition) is 3. The molecule has 47 heavy (non-hydrogen) atoms. The van der Waals surface area contributed by atoms with E-state index in [1.54, 1.807) is 0 Å². The minimum absolute atomic E-state index is 0.852. The van der Waals surface area contributed by atoms with Gasteiger partial charge in [0.25, 0.3) is 0 Å². The van der Waals surface area contributed by atoms with E-state index in [1.807, 2.05) is 0 Å². The van der Waals surface area contributed by atoms with Crippen molar-refractivity contribution in [3.05, 3.63) is 182 Å². The van der Waals surface area contributed by atoms with E-state index >= 15 is 0 Å². The second-order valence-electron chi connectivity index (χ2n) is 11.8. The van der Waals surface area contributed by atoms with Crippen LogP contribution in [-0.4, -0.2) is 0 Å². The summed E-state index contributed by atoms with van der Waals surface area (Å²) in [5.41, 5.74) is 7.95. The van der Waals surface area contributed by atoms with Crippen LogP contribution in [0.2, 0.25) is 0 Å². The van der Waals surface area contributed by atoms with Gasteiger partial charge in [0.15, 0.2) is 11.2 Å². The normalized spacial score (nSPS) is 11.4. The Labute approximate surface area is 273 Å². The monoisotopic (exact) mass is 602 g/mol. The van der Waals surface area contributed by atoms with Gasteiger partial charge >= 0.3 is 0 Å². The lowest BCUT2D eigenvalue weighted by molar-refractivity contribution is 0.670. The highest BCUT2D eigenvalue weighted by molar-refractivity contribution is 6.31. The van der Waals surface area contributed by atoms with Crippen molar-refractivity contribution < 1.29 is 4.42 Å². The quantitative estimate of drug-likeness (QED) is 0.189. The molecule has 222 valence electrons. The van der Waals surface area contributed by atoms with E-state index < -0.39 is 0 Å². The van der Waals surface area contributed by atoms with Gasteiger partial charge in [0, 0.05) is 33.5 Å². The fourth-order valence-corrected chi connectivity index (χ4v) is 6.93. The molecule has 0 bridgehead atoms. The topological polar surface area (TPSA) is 19.6 Å². The molecule has 0 saturated heterocycles. The van der Waals surface area contributed by atoms with Gasteiger partial charge in [-0.3, -0.25) is 0 Å². The fraction of sp³-hybridized carbons (Fsp3) is 0. The number of rotatable bonds is 6. The predicted octanol–water partition coefficient (Wildman–Crippen LogP) is 12.8. The number of hydrogen-bond donors (Lipinski definition) is 0. The fourth-order valence-electron chi connectivity index (χ4n) is 6.93. The molecule has 0 aliphatic rings. The first-order valence-corrected chi connectivity index (χ1v) is 16.0. The molecule has 0 N–H and O–H groups in total. The largest absolute Gasteiger partial charge is 0.452 e. The summed E-state index contributed by atoms with van der Waals surface area (Å²) in [6.45, 7) is 0. The summed E-state index contributed by atoms with van der Waals surface area (Å²) in [7, 11) is 0. The van der Waals surface area contributed by atoms with Crippen molar-refractivity contribution in [1.29, 1.82) is 0 Å². The van der Waals surface area contributed by atoms with Crippen LogP contribution < -0.4 is 9.80 Å². The van der Waals surface area contributed by atoms with Gasteiger partial charge in [0.1, 0.15) is 0 Å². The summed E-state index contributed by atoms with van der Waals surface area (Å²) in [4.78, 5) is 4.62. The number of para-hydroxylation sites is 4. The lowest BCUT2D eigenvalue weighted by Crippen LogP contribution is -2.10. The van der Waals surface area contributed by atoms with E-state index in [0.29, 0.717) is 0 Å². The highest BCUT2D eigenvalue weighted by Gasteiger charge is 2.26. The minimum atomic E-state index is 0.852. The maximum absolute atomic E-state index is 7.30. The molecular weight excluding hydrogens is 572 g/mol. The molecule has 0 radical (unpaired) electrons. The van der Waals surface area contributed by atoms with Crippen molar-refractivity contribution in [2.24, 2.45) is 0 Å². The van der Waals surface area contributed by atoms with Crippen molar-refractivity contribution in [3.63, 3.8) is 0 Å². The zero-order valence-corrected chi connectivity index (χ0v) is 25.6. The summed E-state index contributed by atoms with van der Waals surface area (Å²) in [5, 5.41) is 6.88. The van der Waals surface area contributed by atoms with E-state index in [-0.39, 0.29) is 0 Å². The maximum Gasteiger partial charge on any atom is 0.160 e. The first-order chi connectivity index (χ1) is 23.3. The van der Waals surface area contributed by atoms with Crippen molar-refractivity contribution in [3.8, 4) is 0 Å². The lowest BCUT2D eigenvalue weighted by Gasteiger charge is -2.26. The molecule has 9 aromatic rings. The van der Waals surface area contributed by atoms with Crippen LogP contribution in [0.15, 0.2) is 186 Å². The average Bonchev–Trinajstić information content (AvgIpc) is 3.56. The number of anilines is 6. The van der Waals surface area contributed by atoms with Gasteiger partial charge in [-0.05, 0) is 82.2 Å². The van der Waals surface area contributed by atoms with Crippen molar-refractivity contribution in [1.82, 2.24) is 0 Å². The molecule has 0 aliphatic heterocycles. The Balaban J connectivity index is 1.46. The molecule has 0 unspecified atom stereocenters. The van der Waals surface area contributed by atoms with Crippen LogP contribution in [0.25, 0.3) is 43.5 Å². The van der Waals surface area contributed by atoms with Crippen LogP contribution in [-0.2, 0) is 0 Å². The summed E-state index contributed by atoms with van der Waals surface area (Å²) in [6, 6.07) is 64.1. The van der Waals surface area contributed by atoms with Gasteiger partial charge < -0.3 is 14.2 Å². The van der Waals surface area contributed by atoms with Gasteiger partial charge in [-0.15, -0.1) is 0 Å². The first-order valence-electron chi connectivity index (χ1n) is 16.0. The summed E-state index contributed by atoms with van der Waals surface area (Å²) < 4.78 is 7.30. The molecule has 1 heterocycles. The maximum atomic E-state index is 7.30. The van der Waals surface area contributed by atoms with Crippen LogP contribution in [0.5, 0.6) is 0 Å². The van der Waals surface area contributed by atoms with Gasteiger partial charge in [-0.25, -0.2) is 0 Å². The van der Waals surface area contributed by atoms with Crippen LogP contribution >= 0.6 is 0 Å². The Morgan fingerprint density at radius 3 is 0.957 bits per heavy atom. The van der Waals surface area contributed by atoms with Crippen LogP contribution in [0.3, 0.4) is 0 Å². The summed E-state index contributed by atoms with van der Waals surface area (Å²) >= 11 is 0. The third-order valence-electron chi connectivity index (χ3n) is 8.96. The summed E-state index contributed by atoms with van der Waals surface area (Å²) in [6.07, 6.45) is 0. The van der Waals surface area contributed by atoms with Crippen molar-refractivity contribution in [2.45, 2.75) is 0 Å². The van der Waals surface area contributed by atoms with Gasteiger partial charge in [0.2, 0.25) is 0 Å². The Morgan fingerprint density at radius 2 is 0.617 bits per heavy atom. The molecule has 0 aliphatic carbocycles. The van der Waals surface area contributed by atoms with E-state index in [1.165, 1.54) is 10.8 Å². The molecule has 0 saturated carbocycles. The molecule has 8 aromatic carbocycles. The van der Waals surface area contributed by atoms with Crippen LogP contribution in [0, 0.1) is 0 Å². The van der Waals surface area contributed by atoms with E-state index in [9.17, 15) is 0 Å². The molecule has 0 atom stereocenters. The summed E-state index contributed by atoms with van der Waals surface area (Å²) in [5.74, 6) is 0. The number of nitrogens with zero attached hydrogens (tertiary/aromatic N) is 2. The Kier molecular flexibility index (Phi) is 6.46. The van der Waals surface area contributed by atoms with E-state index in [2.05, 4.69) is 192 Å². The standard InChI is InChI=1S/C44H30N2O/c1-5-19-33(20-6-1)45(34-21-7-2-8-22-34)39-29-31-17-13-15-27-37(31)41-42-38-28-16-14-18-32(38)30-40(44(42)47-43(39)41)46(35-23-9-3-10-24-35)36-25-11-4-12-26-36/h1-30H. The van der Waals surface area contributed by atoms with Crippen LogP contribution in [0.4, 0.5) is 34.1 Å². The van der Waals surface area contributed by atoms with E-state index in [4.69, 9.17) is 4.42 Å². The average molecular weight is 603 g/mol. The molecule has 0 amide bonds. The van der Waals surface area contributed by atoms with Crippen molar-refractivity contribution in [2.75, 3.05) is 9.80 Å². The third kappa shape index (κ3) is 4.52. The second kappa shape index (κ2) is 11.2. The third-order valence-corrected chi connectivity index (χ3v) is 8.96. The lowest BCUT2D eigenvalue weighted by atomic mass is 9.97. The molecule has 9 rings (SSSR count). The smallest absolute Gasteiger partial charge is 0.160 e.